The van der Waals surface area contributed by atoms with Gasteiger partial charge in [0.05, 0.1) is 13.2 Å². The molecule has 0 saturated carbocycles. The molecule has 6 nitrogen and oxygen atoms in total. The molecule has 0 heterocycles. The summed E-state index contributed by atoms with van der Waals surface area (Å²) in [5, 5.41) is 17.0. The zero-order valence-electron chi connectivity index (χ0n) is 6.59. The first-order valence-corrected chi connectivity index (χ1v) is 4.57. The molecule has 0 amide bonds. The second-order valence-corrected chi connectivity index (χ2v) is 2.80. The Morgan fingerprint density at radius 2 is 1.75 bits per heavy atom. The molecule has 0 aromatic heterocycles. The van der Waals surface area contributed by atoms with Crippen LogP contribution in [0.4, 0.5) is 0 Å². The zero-order chi connectivity index (χ0) is 9.40. The van der Waals surface area contributed by atoms with Crippen molar-refractivity contribution in [3.05, 3.63) is 0 Å². The third-order valence-electron chi connectivity index (χ3n) is 1.18. The van der Waals surface area contributed by atoms with E-state index >= 15 is 0 Å². The second kappa shape index (κ2) is 7.54. The molecule has 0 saturated heterocycles. The summed E-state index contributed by atoms with van der Waals surface area (Å²) < 4.78 is 14.5. The molecule has 0 aliphatic rings. The minimum Gasteiger partial charge on any atom is -0.395 e. The summed E-state index contributed by atoms with van der Waals surface area (Å²) in [6.07, 6.45) is 0. The highest BCUT2D eigenvalue weighted by Crippen LogP contribution is 2.14. The van der Waals surface area contributed by atoms with Crippen molar-refractivity contribution in [3.8, 4) is 0 Å². The van der Waals surface area contributed by atoms with Gasteiger partial charge in [-0.2, -0.15) is 0 Å². The molecule has 0 aromatic carbocycles. The third kappa shape index (κ3) is 6.60. The van der Waals surface area contributed by atoms with Crippen LogP contribution in [0.5, 0.6) is 0 Å². The Balaban J connectivity index is 3.54. The predicted molar refractivity (Wildman–Crippen MR) is 41.5 cm³/mol. The van der Waals surface area contributed by atoms with E-state index in [1.807, 2.05) is 0 Å². The topological polar surface area (TPSA) is 90.2 Å². The summed E-state index contributed by atoms with van der Waals surface area (Å²) in [6.45, 7) is 0.400. The average molecular weight is 198 g/mol. The van der Waals surface area contributed by atoms with Crippen LogP contribution in [0.2, 0.25) is 0 Å². The molecule has 1 atom stereocenters. The number of rotatable bonds is 7. The Morgan fingerprint density at radius 3 is 2.08 bits per heavy atom. The lowest BCUT2D eigenvalue weighted by molar-refractivity contribution is 0.0828. The Kier molecular flexibility index (Phi) is 7.48. The first kappa shape index (κ1) is 11.9. The van der Waals surface area contributed by atoms with Gasteiger partial charge >= 0.3 is 8.25 Å². The summed E-state index contributed by atoms with van der Waals surface area (Å²) in [5.74, 6) is 0. The fraction of sp³-hybridized carbons (Fsp3) is 1.00. The van der Waals surface area contributed by atoms with Gasteiger partial charge in [-0.1, -0.05) is 0 Å². The van der Waals surface area contributed by atoms with E-state index in [1.165, 1.54) is 4.90 Å². The lowest BCUT2D eigenvalue weighted by atomic mass is 10.5. The molecule has 12 heavy (non-hydrogen) atoms. The Hall–Kier alpha value is -0.100. The molecule has 0 aliphatic heterocycles. The summed E-state index contributed by atoms with van der Waals surface area (Å²) in [5.41, 5.74) is 0. The Bertz CT molecular complexity index is 127. The molecule has 0 bridgehead atoms. The molecule has 0 fully saturated rings. The molecule has 0 aromatic rings. The minimum atomic E-state index is -2.61. The van der Waals surface area contributed by atoms with Crippen molar-refractivity contribution in [3.63, 3.8) is 0 Å². The molecule has 1 unspecified atom stereocenters. The summed E-state index contributed by atoms with van der Waals surface area (Å²) >= 11 is 0. The van der Waals surface area contributed by atoms with Crippen LogP contribution in [0.15, 0.2) is 0 Å². The van der Waals surface area contributed by atoms with Crippen LogP contribution in [0.3, 0.4) is 0 Å². The van der Waals surface area contributed by atoms with Crippen LogP contribution in [-0.4, -0.2) is 53.0 Å². The molecular formula is C5H13NO5P+. The van der Waals surface area contributed by atoms with E-state index in [4.69, 9.17) is 15.1 Å². The molecule has 3 N–H and O–H groups in total. The van der Waals surface area contributed by atoms with Crippen LogP contribution in [0.1, 0.15) is 0 Å². The molecule has 0 spiro atoms. The highest BCUT2D eigenvalue weighted by Gasteiger charge is 2.14. The van der Waals surface area contributed by atoms with Crippen molar-refractivity contribution in [2.75, 3.05) is 33.0 Å². The third-order valence-corrected chi connectivity index (χ3v) is 1.52. The number of nitrogens with zero attached hydrogens (tertiary/aromatic N) is 1. The van der Waals surface area contributed by atoms with Crippen molar-refractivity contribution < 1.29 is 24.2 Å². The maximum absolute atomic E-state index is 10.1. The summed E-state index contributed by atoms with van der Waals surface area (Å²) in [4.78, 5) is 9.79. The fourth-order valence-corrected chi connectivity index (χ4v) is 0.917. The number of aliphatic hydroxyl groups excluding tert-OH is 2. The van der Waals surface area contributed by atoms with Crippen molar-refractivity contribution in [2.24, 2.45) is 0 Å². The number of hydrogen-bond donors (Lipinski definition) is 3. The van der Waals surface area contributed by atoms with E-state index in [1.54, 1.807) is 0 Å². The van der Waals surface area contributed by atoms with Gasteiger partial charge in [-0.25, -0.2) is 0 Å². The maximum Gasteiger partial charge on any atom is 0.696 e. The van der Waals surface area contributed by atoms with Crippen LogP contribution < -0.4 is 0 Å². The van der Waals surface area contributed by atoms with Crippen LogP contribution >= 0.6 is 8.25 Å². The van der Waals surface area contributed by atoms with Gasteiger partial charge in [-0.15, -0.1) is 9.42 Å². The summed E-state index contributed by atoms with van der Waals surface area (Å²) in [6, 6.07) is 0. The first-order valence-electron chi connectivity index (χ1n) is 3.43. The van der Waals surface area contributed by atoms with Gasteiger partial charge in [0.15, 0.2) is 6.73 Å². The van der Waals surface area contributed by atoms with Gasteiger partial charge in [0, 0.05) is 17.7 Å². The molecule has 0 rings (SSSR count). The van der Waals surface area contributed by atoms with Crippen molar-refractivity contribution in [1.29, 1.82) is 0 Å². The number of hydrogen-bond acceptors (Lipinski definition) is 5. The zero-order valence-corrected chi connectivity index (χ0v) is 7.48. The quantitative estimate of drug-likeness (QED) is 0.355. The fourth-order valence-electron chi connectivity index (χ4n) is 0.655. The molecule has 7 heteroatoms. The van der Waals surface area contributed by atoms with Gasteiger partial charge in [-0.3, -0.25) is 4.90 Å². The van der Waals surface area contributed by atoms with Gasteiger partial charge in [0.2, 0.25) is 0 Å². The standard InChI is InChI=1S/C5H12NO5P/c7-3-1-6(2-4-8)5-11-12(9)10/h7-8H,1-5H2/p+1. The monoisotopic (exact) mass is 198 g/mol. The largest absolute Gasteiger partial charge is 0.696 e. The second-order valence-electron chi connectivity index (χ2n) is 2.06. The number of aliphatic hydroxyl groups is 2. The minimum absolute atomic E-state index is 0.0627. The van der Waals surface area contributed by atoms with E-state index in [2.05, 4.69) is 4.52 Å². The first-order chi connectivity index (χ1) is 5.70. The van der Waals surface area contributed by atoms with E-state index in [0.717, 1.165) is 0 Å². The predicted octanol–water partition coefficient (Wildman–Crippen LogP) is -1.10. The van der Waals surface area contributed by atoms with Crippen molar-refractivity contribution in [2.45, 2.75) is 0 Å². The van der Waals surface area contributed by atoms with Crippen LogP contribution in [-0.2, 0) is 9.09 Å². The van der Waals surface area contributed by atoms with Crippen molar-refractivity contribution >= 4 is 8.25 Å². The smallest absolute Gasteiger partial charge is 0.395 e. The molecule has 72 valence electrons. The van der Waals surface area contributed by atoms with Gasteiger partial charge in [-0.05, 0) is 0 Å². The van der Waals surface area contributed by atoms with Gasteiger partial charge in [0.25, 0.3) is 0 Å². The van der Waals surface area contributed by atoms with Crippen LogP contribution in [0, 0.1) is 0 Å². The van der Waals surface area contributed by atoms with E-state index in [-0.39, 0.29) is 19.9 Å². The Labute approximate surface area is 71.3 Å². The van der Waals surface area contributed by atoms with E-state index in [0.29, 0.717) is 13.1 Å². The van der Waals surface area contributed by atoms with E-state index < -0.39 is 8.25 Å². The van der Waals surface area contributed by atoms with E-state index in [9.17, 15) is 4.57 Å². The Morgan fingerprint density at radius 1 is 1.25 bits per heavy atom. The maximum atomic E-state index is 10.1. The lowest BCUT2D eigenvalue weighted by Crippen LogP contribution is -2.31. The highest BCUT2D eigenvalue weighted by atomic mass is 31.1. The normalized spacial score (nSPS) is 12.2. The van der Waals surface area contributed by atoms with Gasteiger partial charge in [0.1, 0.15) is 0 Å². The average Bonchev–Trinajstić information content (AvgIpc) is 2.01. The lowest BCUT2D eigenvalue weighted by Gasteiger charge is -2.15. The summed E-state index contributed by atoms with van der Waals surface area (Å²) in [7, 11) is -2.61. The highest BCUT2D eigenvalue weighted by molar-refractivity contribution is 7.32. The van der Waals surface area contributed by atoms with Gasteiger partial charge < -0.3 is 10.2 Å². The molecular weight excluding hydrogens is 185 g/mol. The SMILES string of the molecule is O=[P+](O)OCN(CCO)CCO. The molecule has 0 radical (unpaired) electrons. The van der Waals surface area contributed by atoms with Crippen molar-refractivity contribution in [1.82, 2.24) is 4.90 Å². The molecule has 0 aliphatic carbocycles. The van der Waals surface area contributed by atoms with Crippen LogP contribution in [0.25, 0.3) is 0 Å².